The van der Waals surface area contributed by atoms with Crippen LogP contribution in [0.25, 0.3) is 0 Å². The average Bonchev–Trinajstić information content (AvgIpc) is 2.92. The van der Waals surface area contributed by atoms with Crippen LogP contribution in [-0.4, -0.2) is 35.6 Å². The van der Waals surface area contributed by atoms with E-state index in [0.717, 1.165) is 25.7 Å². The highest BCUT2D eigenvalue weighted by molar-refractivity contribution is 5.85. The maximum Gasteiger partial charge on any atom is 0.252 e. The lowest BCUT2D eigenvalue weighted by Gasteiger charge is -2.22. The third kappa shape index (κ3) is 4.99. The molecule has 2 amide bonds. The van der Waals surface area contributed by atoms with E-state index in [4.69, 9.17) is 0 Å². The summed E-state index contributed by atoms with van der Waals surface area (Å²) >= 11 is 0. The Kier molecular flexibility index (Phi) is 6.03. The number of aliphatic hydroxyl groups is 1. The molecule has 0 aromatic heterocycles. The van der Waals surface area contributed by atoms with Gasteiger partial charge < -0.3 is 15.7 Å². The first-order valence-corrected chi connectivity index (χ1v) is 8.37. The van der Waals surface area contributed by atoms with Crippen LogP contribution in [-0.2, 0) is 9.59 Å². The fraction of sp³-hybridized carbons (Fsp3) is 0.875. The predicted molar refractivity (Wildman–Crippen MR) is 80.6 cm³/mol. The fourth-order valence-electron chi connectivity index (χ4n) is 3.46. The summed E-state index contributed by atoms with van der Waals surface area (Å²) in [6.45, 7) is 0.824. The third-order valence-electron chi connectivity index (χ3n) is 4.78. The topological polar surface area (TPSA) is 78.4 Å². The zero-order chi connectivity index (χ0) is 15.1. The van der Waals surface area contributed by atoms with Crippen LogP contribution in [0.1, 0.15) is 64.2 Å². The molecule has 2 rings (SSSR count). The van der Waals surface area contributed by atoms with E-state index in [2.05, 4.69) is 10.6 Å². The predicted octanol–water partition coefficient (Wildman–Crippen LogP) is 1.49. The van der Waals surface area contributed by atoms with Crippen LogP contribution in [0.5, 0.6) is 0 Å². The quantitative estimate of drug-likeness (QED) is 0.650. The molecular weight excluding hydrogens is 268 g/mol. The molecule has 0 aromatic carbocycles. The molecule has 2 saturated carbocycles. The normalized spacial score (nSPS) is 22.0. The number of hydrogen-bond donors (Lipinski definition) is 3. The first-order valence-electron chi connectivity index (χ1n) is 8.37. The lowest BCUT2D eigenvalue weighted by atomic mass is 9.87. The van der Waals surface area contributed by atoms with Crippen molar-refractivity contribution in [1.29, 1.82) is 0 Å². The molecule has 120 valence electrons. The molecule has 0 aliphatic heterocycles. The number of carbonyl (C=O) groups excluding carboxylic acids is 2. The van der Waals surface area contributed by atoms with Gasteiger partial charge in [-0.05, 0) is 44.4 Å². The van der Waals surface area contributed by atoms with Crippen LogP contribution in [0.3, 0.4) is 0 Å². The second-order valence-corrected chi connectivity index (χ2v) is 6.55. The summed E-state index contributed by atoms with van der Waals surface area (Å²) in [4.78, 5) is 23.7. The molecule has 5 heteroatoms. The Hall–Kier alpha value is -1.10. The smallest absolute Gasteiger partial charge is 0.252 e. The molecule has 0 saturated heterocycles. The van der Waals surface area contributed by atoms with Crippen molar-refractivity contribution < 1.29 is 14.7 Å². The number of hydrogen-bond acceptors (Lipinski definition) is 3. The molecule has 5 nitrogen and oxygen atoms in total. The van der Waals surface area contributed by atoms with E-state index in [0.29, 0.717) is 38.3 Å². The summed E-state index contributed by atoms with van der Waals surface area (Å²) in [7, 11) is 0. The molecule has 0 bridgehead atoms. The monoisotopic (exact) mass is 296 g/mol. The molecule has 3 N–H and O–H groups in total. The fourth-order valence-corrected chi connectivity index (χ4v) is 3.46. The Morgan fingerprint density at radius 3 is 2.24 bits per heavy atom. The van der Waals surface area contributed by atoms with Crippen LogP contribution in [0.2, 0.25) is 0 Å². The molecular formula is C16H28N2O3. The van der Waals surface area contributed by atoms with E-state index in [1.165, 1.54) is 19.3 Å². The number of rotatable bonds is 6. The average molecular weight is 296 g/mol. The van der Waals surface area contributed by atoms with Crippen LogP contribution in [0, 0.1) is 5.92 Å². The van der Waals surface area contributed by atoms with E-state index in [9.17, 15) is 14.7 Å². The summed E-state index contributed by atoms with van der Waals surface area (Å²) in [6.07, 6.45) is 9.63. The highest BCUT2D eigenvalue weighted by atomic mass is 16.3. The van der Waals surface area contributed by atoms with E-state index >= 15 is 0 Å². The largest absolute Gasteiger partial charge is 0.380 e. The van der Waals surface area contributed by atoms with E-state index in [-0.39, 0.29) is 11.8 Å². The molecule has 0 heterocycles. The van der Waals surface area contributed by atoms with Crippen LogP contribution in [0.4, 0.5) is 0 Å². The highest BCUT2D eigenvalue weighted by Gasteiger charge is 2.38. The molecule has 0 unspecified atom stereocenters. The standard InChI is InChI=1S/C16H28N2O3/c19-14(12-13-6-2-1-3-7-13)17-10-11-18-15(20)16(21)8-4-5-9-16/h13,21H,1-12H2,(H,17,19)(H,18,20). The van der Waals surface area contributed by atoms with Gasteiger partial charge in [-0.1, -0.05) is 19.3 Å². The molecule has 2 fully saturated rings. The van der Waals surface area contributed by atoms with Crippen molar-refractivity contribution in [2.75, 3.05) is 13.1 Å². The molecule has 0 spiro atoms. The molecule has 2 aliphatic rings. The molecule has 0 aromatic rings. The summed E-state index contributed by atoms with van der Waals surface area (Å²) in [5, 5.41) is 15.7. The zero-order valence-electron chi connectivity index (χ0n) is 12.8. The lowest BCUT2D eigenvalue weighted by Crippen LogP contribution is -2.47. The van der Waals surface area contributed by atoms with Gasteiger partial charge in [-0.25, -0.2) is 0 Å². The Morgan fingerprint density at radius 2 is 1.57 bits per heavy atom. The van der Waals surface area contributed by atoms with Gasteiger partial charge in [-0.15, -0.1) is 0 Å². The molecule has 2 aliphatic carbocycles. The minimum atomic E-state index is -1.17. The number of amides is 2. The highest BCUT2D eigenvalue weighted by Crippen LogP contribution is 2.29. The second kappa shape index (κ2) is 7.78. The maximum atomic E-state index is 11.9. The van der Waals surface area contributed by atoms with Gasteiger partial charge in [0.05, 0.1) is 0 Å². The summed E-state index contributed by atoms with van der Waals surface area (Å²) in [5.41, 5.74) is -1.17. The van der Waals surface area contributed by atoms with Crippen LogP contribution in [0.15, 0.2) is 0 Å². The number of carbonyl (C=O) groups is 2. The van der Waals surface area contributed by atoms with Gasteiger partial charge in [-0.3, -0.25) is 9.59 Å². The van der Waals surface area contributed by atoms with E-state index in [1.807, 2.05) is 0 Å². The Morgan fingerprint density at radius 1 is 0.952 bits per heavy atom. The lowest BCUT2D eigenvalue weighted by molar-refractivity contribution is -0.139. The van der Waals surface area contributed by atoms with Gasteiger partial charge >= 0.3 is 0 Å². The van der Waals surface area contributed by atoms with Gasteiger partial charge in [0.1, 0.15) is 5.60 Å². The first-order chi connectivity index (χ1) is 10.1. The molecule has 0 atom stereocenters. The maximum absolute atomic E-state index is 11.9. The first kappa shape index (κ1) is 16.3. The minimum Gasteiger partial charge on any atom is -0.380 e. The van der Waals surface area contributed by atoms with Crippen molar-refractivity contribution in [3.05, 3.63) is 0 Å². The van der Waals surface area contributed by atoms with Gasteiger partial charge in [0.25, 0.3) is 5.91 Å². The summed E-state index contributed by atoms with van der Waals surface area (Å²) in [6, 6.07) is 0. The summed E-state index contributed by atoms with van der Waals surface area (Å²) in [5.74, 6) is 0.324. The summed E-state index contributed by atoms with van der Waals surface area (Å²) < 4.78 is 0. The third-order valence-corrected chi connectivity index (χ3v) is 4.78. The molecule has 21 heavy (non-hydrogen) atoms. The number of nitrogens with one attached hydrogen (secondary N) is 2. The van der Waals surface area contributed by atoms with Gasteiger partial charge in [0.2, 0.25) is 5.91 Å². The molecule has 0 radical (unpaired) electrons. The van der Waals surface area contributed by atoms with Crippen molar-refractivity contribution >= 4 is 11.8 Å². The van der Waals surface area contributed by atoms with E-state index in [1.54, 1.807) is 0 Å². The van der Waals surface area contributed by atoms with Gasteiger partial charge in [0.15, 0.2) is 0 Å². The van der Waals surface area contributed by atoms with Crippen molar-refractivity contribution in [1.82, 2.24) is 10.6 Å². The van der Waals surface area contributed by atoms with Crippen molar-refractivity contribution in [3.8, 4) is 0 Å². The second-order valence-electron chi connectivity index (χ2n) is 6.55. The Labute approximate surface area is 126 Å². The Bertz CT molecular complexity index is 359. The van der Waals surface area contributed by atoms with Crippen molar-refractivity contribution in [3.63, 3.8) is 0 Å². The Balaban J connectivity index is 1.56. The van der Waals surface area contributed by atoms with Gasteiger partial charge in [-0.2, -0.15) is 0 Å². The SMILES string of the molecule is O=C(CC1CCCCC1)NCCNC(=O)C1(O)CCCC1. The minimum absolute atomic E-state index is 0.0794. The van der Waals surface area contributed by atoms with Crippen LogP contribution < -0.4 is 10.6 Å². The van der Waals surface area contributed by atoms with E-state index < -0.39 is 5.60 Å². The zero-order valence-corrected chi connectivity index (χ0v) is 12.8. The van der Waals surface area contributed by atoms with Crippen molar-refractivity contribution in [2.24, 2.45) is 5.92 Å². The van der Waals surface area contributed by atoms with Crippen LogP contribution >= 0.6 is 0 Å². The van der Waals surface area contributed by atoms with Crippen molar-refractivity contribution in [2.45, 2.75) is 69.8 Å². The van der Waals surface area contributed by atoms with Gasteiger partial charge in [0, 0.05) is 19.5 Å².